The van der Waals surface area contributed by atoms with Crippen molar-refractivity contribution in [2.75, 3.05) is 6.54 Å². The molecular formula is C12H19N5O3S. The third kappa shape index (κ3) is 3.69. The van der Waals surface area contributed by atoms with Crippen molar-refractivity contribution < 1.29 is 12.8 Å². The zero-order valence-electron chi connectivity index (χ0n) is 12.2. The Hall–Kier alpha value is -1.71. The van der Waals surface area contributed by atoms with Gasteiger partial charge in [0.1, 0.15) is 28.6 Å². The monoisotopic (exact) mass is 313 g/mol. The number of nitrogens with one attached hydrogen (secondary N) is 3. The third-order valence-electron chi connectivity index (χ3n) is 2.94. The van der Waals surface area contributed by atoms with Crippen LogP contribution in [-0.4, -0.2) is 30.1 Å². The van der Waals surface area contributed by atoms with Gasteiger partial charge in [-0.3, -0.25) is 5.10 Å². The molecule has 0 saturated carbocycles. The fraction of sp³-hybridized carbons (Fsp3) is 0.500. The summed E-state index contributed by atoms with van der Waals surface area (Å²) in [5.41, 5.74) is 0. The van der Waals surface area contributed by atoms with Crippen LogP contribution < -0.4 is 10.0 Å². The number of aromatic nitrogens is 3. The van der Waals surface area contributed by atoms with Gasteiger partial charge in [0.2, 0.25) is 10.0 Å². The molecule has 9 heteroatoms. The molecule has 2 heterocycles. The smallest absolute Gasteiger partial charge is 0.244 e. The van der Waals surface area contributed by atoms with Crippen LogP contribution in [0, 0.1) is 6.92 Å². The number of aromatic amines is 1. The first-order valence-corrected chi connectivity index (χ1v) is 8.10. The average Bonchev–Trinajstić information content (AvgIpc) is 3.05. The highest BCUT2D eigenvalue weighted by atomic mass is 32.2. The summed E-state index contributed by atoms with van der Waals surface area (Å²) in [5, 5.41) is 9.43. The molecule has 0 aromatic carbocycles. The van der Waals surface area contributed by atoms with Crippen molar-refractivity contribution in [2.45, 2.75) is 38.3 Å². The van der Waals surface area contributed by atoms with Gasteiger partial charge in [0, 0.05) is 6.07 Å². The second-order valence-corrected chi connectivity index (χ2v) is 6.31. The summed E-state index contributed by atoms with van der Waals surface area (Å²) in [6.07, 6.45) is 1.33. The van der Waals surface area contributed by atoms with Gasteiger partial charge in [-0.1, -0.05) is 6.92 Å². The second-order valence-electron chi connectivity index (χ2n) is 4.63. The highest BCUT2D eigenvalue weighted by Crippen LogP contribution is 2.21. The van der Waals surface area contributed by atoms with Crippen LogP contribution in [0.25, 0.3) is 0 Å². The summed E-state index contributed by atoms with van der Waals surface area (Å²) in [6.45, 7) is 6.55. The molecule has 2 rings (SSSR count). The van der Waals surface area contributed by atoms with Crippen molar-refractivity contribution in [2.24, 2.45) is 0 Å². The maximum absolute atomic E-state index is 12.4. The number of nitrogens with zero attached hydrogens (tertiary/aromatic N) is 2. The van der Waals surface area contributed by atoms with Gasteiger partial charge >= 0.3 is 0 Å². The molecule has 0 bridgehead atoms. The molecule has 2 aromatic rings. The minimum atomic E-state index is -3.68. The van der Waals surface area contributed by atoms with Crippen molar-refractivity contribution in [3.8, 4) is 0 Å². The number of sulfonamides is 1. The number of H-pyrrole nitrogens is 1. The first-order chi connectivity index (χ1) is 9.94. The highest BCUT2D eigenvalue weighted by molar-refractivity contribution is 7.89. The van der Waals surface area contributed by atoms with E-state index in [-0.39, 0.29) is 4.90 Å². The van der Waals surface area contributed by atoms with Crippen molar-refractivity contribution in [1.29, 1.82) is 0 Å². The standard InChI is InChI=1S/C12H19N5O3S/c1-4-13-6-10-5-11(9(3)20-10)21(18,19)17-8(2)12-14-7-15-16-12/h5,7-8,13,17H,4,6H2,1-3H3,(H,14,15,16). The lowest BCUT2D eigenvalue weighted by Crippen LogP contribution is -2.27. The molecule has 0 saturated heterocycles. The van der Waals surface area contributed by atoms with E-state index in [0.29, 0.717) is 23.9 Å². The predicted molar refractivity (Wildman–Crippen MR) is 75.9 cm³/mol. The summed E-state index contributed by atoms with van der Waals surface area (Å²) >= 11 is 0. The van der Waals surface area contributed by atoms with E-state index < -0.39 is 16.1 Å². The first kappa shape index (κ1) is 15.7. The molecule has 1 unspecified atom stereocenters. The van der Waals surface area contributed by atoms with E-state index >= 15 is 0 Å². The van der Waals surface area contributed by atoms with Gasteiger partial charge in [0.15, 0.2) is 0 Å². The lowest BCUT2D eigenvalue weighted by molar-refractivity contribution is 0.460. The molecule has 0 aliphatic rings. The Morgan fingerprint density at radius 1 is 1.48 bits per heavy atom. The largest absolute Gasteiger partial charge is 0.464 e. The molecule has 116 valence electrons. The molecule has 8 nitrogen and oxygen atoms in total. The van der Waals surface area contributed by atoms with Gasteiger partial charge < -0.3 is 9.73 Å². The summed E-state index contributed by atoms with van der Waals surface area (Å²) in [4.78, 5) is 4.08. The minimum Gasteiger partial charge on any atom is -0.464 e. The zero-order chi connectivity index (χ0) is 15.5. The number of furan rings is 1. The molecular weight excluding hydrogens is 294 g/mol. The maximum Gasteiger partial charge on any atom is 0.244 e. The fourth-order valence-electron chi connectivity index (χ4n) is 1.90. The molecule has 0 aliphatic carbocycles. The molecule has 0 radical (unpaired) electrons. The molecule has 0 spiro atoms. The minimum absolute atomic E-state index is 0.141. The van der Waals surface area contributed by atoms with Crippen molar-refractivity contribution in [3.63, 3.8) is 0 Å². The SMILES string of the molecule is CCNCc1cc(S(=O)(=O)NC(C)c2ncn[nH]2)c(C)o1. The summed E-state index contributed by atoms with van der Waals surface area (Å²) in [6, 6.07) is 1.02. The molecule has 0 amide bonds. The van der Waals surface area contributed by atoms with E-state index in [1.807, 2.05) is 6.92 Å². The Bertz CT molecular complexity index is 678. The van der Waals surface area contributed by atoms with Crippen molar-refractivity contribution in [3.05, 3.63) is 29.7 Å². The molecule has 0 fully saturated rings. The average molecular weight is 313 g/mol. The molecule has 0 aliphatic heterocycles. The number of aryl methyl sites for hydroxylation is 1. The van der Waals surface area contributed by atoms with Crippen LogP contribution in [0.3, 0.4) is 0 Å². The lowest BCUT2D eigenvalue weighted by Gasteiger charge is -2.10. The van der Waals surface area contributed by atoms with Gasteiger partial charge in [-0.15, -0.1) is 0 Å². The summed E-state index contributed by atoms with van der Waals surface area (Å²) in [7, 11) is -3.68. The van der Waals surface area contributed by atoms with Crippen LogP contribution in [0.15, 0.2) is 21.7 Å². The van der Waals surface area contributed by atoms with Crippen LogP contribution in [0.4, 0.5) is 0 Å². The second kappa shape index (κ2) is 6.37. The topological polar surface area (TPSA) is 113 Å². The number of rotatable bonds is 7. The van der Waals surface area contributed by atoms with Gasteiger partial charge in [0.25, 0.3) is 0 Å². The van der Waals surface area contributed by atoms with Crippen molar-refractivity contribution in [1.82, 2.24) is 25.2 Å². The zero-order valence-corrected chi connectivity index (χ0v) is 13.0. The van der Waals surface area contributed by atoms with E-state index in [1.165, 1.54) is 12.4 Å². The molecule has 21 heavy (non-hydrogen) atoms. The Kier molecular flexibility index (Phi) is 4.76. The van der Waals surface area contributed by atoms with Crippen LogP contribution in [0.5, 0.6) is 0 Å². The highest BCUT2D eigenvalue weighted by Gasteiger charge is 2.24. The molecule has 2 aromatic heterocycles. The van der Waals surface area contributed by atoms with Crippen LogP contribution >= 0.6 is 0 Å². The van der Waals surface area contributed by atoms with Gasteiger partial charge in [-0.2, -0.15) is 5.10 Å². The number of hydrogen-bond acceptors (Lipinski definition) is 6. The lowest BCUT2D eigenvalue weighted by atomic mass is 10.3. The molecule has 1 atom stereocenters. The fourth-order valence-corrected chi connectivity index (χ4v) is 3.31. The third-order valence-corrected chi connectivity index (χ3v) is 4.59. The van der Waals surface area contributed by atoms with E-state index in [1.54, 1.807) is 13.8 Å². The number of hydrogen-bond donors (Lipinski definition) is 3. The maximum atomic E-state index is 12.4. The Morgan fingerprint density at radius 3 is 2.86 bits per heavy atom. The van der Waals surface area contributed by atoms with E-state index in [0.717, 1.165) is 6.54 Å². The summed E-state index contributed by atoms with van der Waals surface area (Å²) in [5.74, 6) is 1.40. The Morgan fingerprint density at radius 2 is 2.24 bits per heavy atom. The summed E-state index contributed by atoms with van der Waals surface area (Å²) < 4.78 is 32.8. The van der Waals surface area contributed by atoms with Crippen LogP contribution in [0.2, 0.25) is 0 Å². The Labute approximate surface area is 123 Å². The van der Waals surface area contributed by atoms with Gasteiger partial charge in [-0.25, -0.2) is 18.1 Å². The van der Waals surface area contributed by atoms with E-state index in [9.17, 15) is 8.42 Å². The van der Waals surface area contributed by atoms with Gasteiger partial charge in [0.05, 0.1) is 12.6 Å². The van der Waals surface area contributed by atoms with Gasteiger partial charge in [-0.05, 0) is 20.4 Å². The quantitative estimate of drug-likeness (QED) is 0.698. The first-order valence-electron chi connectivity index (χ1n) is 6.61. The Balaban J connectivity index is 2.17. The van der Waals surface area contributed by atoms with Crippen LogP contribution in [0.1, 0.15) is 37.2 Å². The van der Waals surface area contributed by atoms with E-state index in [4.69, 9.17) is 4.42 Å². The normalized spacial score (nSPS) is 13.5. The van der Waals surface area contributed by atoms with Crippen LogP contribution in [-0.2, 0) is 16.6 Å². The molecule has 3 N–H and O–H groups in total. The van der Waals surface area contributed by atoms with E-state index in [2.05, 4.69) is 25.2 Å². The van der Waals surface area contributed by atoms with Crippen molar-refractivity contribution >= 4 is 10.0 Å². The predicted octanol–water partition coefficient (Wildman–Crippen LogP) is 0.855.